The Kier molecular flexibility index (Phi) is 4.72. The molecule has 3 atom stereocenters. The van der Waals surface area contributed by atoms with Gasteiger partial charge in [-0.15, -0.1) is 0 Å². The van der Waals surface area contributed by atoms with Crippen LogP contribution in [0.15, 0.2) is 48.5 Å². The zero-order chi connectivity index (χ0) is 21.5. The van der Waals surface area contributed by atoms with Gasteiger partial charge in [-0.25, -0.2) is 0 Å². The van der Waals surface area contributed by atoms with Crippen molar-refractivity contribution in [3.05, 3.63) is 59.7 Å². The fourth-order valence-electron chi connectivity index (χ4n) is 4.77. The highest BCUT2D eigenvalue weighted by molar-refractivity contribution is 5.91. The molecule has 4 rings (SSSR count). The number of carbonyl (C=O) groups excluding carboxylic acids is 1. The first-order chi connectivity index (χ1) is 14.5. The molecule has 0 N–H and O–H groups in total. The fraction of sp³-hybridized carbons (Fsp3) is 0.292. The Bertz CT molecular complexity index is 1090. The summed E-state index contributed by atoms with van der Waals surface area (Å²) in [4.78, 5) is 14.9. The summed E-state index contributed by atoms with van der Waals surface area (Å²) in [5.41, 5.74) is 0.999. The number of hydrogen-bond acceptors (Lipinski definition) is 6. The first-order valence-electron chi connectivity index (χ1n) is 9.62. The number of ether oxygens (including phenoxy) is 2. The second kappa shape index (κ2) is 7.24. The van der Waals surface area contributed by atoms with Crippen molar-refractivity contribution >= 4 is 17.5 Å². The number of fused-ring (bicyclic) bond motifs is 3. The summed E-state index contributed by atoms with van der Waals surface area (Å²) >= 11 is 0. The Hall–Kier alpha value is -3.77. The normalized spacial score (nSPS) is 23.0. The number of nitrogens with zero attached hydrogens (tertiary/aromatic N) is 3. The monoisotopic (exact) mass is 399 g/mol. The number of nitriles is 2. The van der Waals surface area contributed by atoms with Gasteiger partial charge in [-0.05, 0) is 36.2 Å². The van der Waals surface area contributed by atoms with Gasteiger partial charge >= 0.3 is 0 Å². The van der Waals surface area contributed by atoms with Crippen LogP contribution in [0, 0.1) is 28.1 Å². The number of rotatable bonds is 4. The van der Waals surface area contributed by atoms with Crippen LogP contribution in [0.5, 0.6) is 11.5 Å². The zero-order valence-electron chi connectivity index (χ0n) is 17.0. The van der Waals surface area contributed by atoms with Crippen molar-refractivity contribution in [1.82, 2.24) is 0 Å². The molecule has 0 spiro atoms. The molecule has 0 amide bonds. The van der Waals surface area contributed by atoms with E-state index in [1.54, 1.807) is 32.4 Å². The standard InChI is InChI=1S/C24H21N3O3/c1-15(28)23-22(17-10-18(29-2)12-19(11-17)30-3)24(13-25,14-26)21-9-8-16-6-4-5-7-20(16)27(21)23/h4-12,21-23H,1-3H3. The number of ketones is 1. The minimum atomic E-state index is -1.46. The van der Waals surface area contributed by atoms with E-state index in [2.05, 4.69) is 12.1 Å². The third-order valence-corrected chi connectivity index (χ3v) is 6.06. The molecule has 1 fully saturated rings. The molecule has 0 aliphatic carbocycles. The molecule has 150 valence electrons. The van der Waals surface area contributed by atoms with Gasteiger partial charge in [0.05, 0.1) is 38.4 Å². The fourth-order valence-corrected chi connectivity index (χ4v) is 4.77. The maximum absolute atomic E-state index is 13.0. The first kappa shape index (κ1) is 19.5. The highest BCUT2D eigenvalue weighted by Gasteiger charge is 2.62. The number of Topliss-reactive ketones (excluding diaryl/α,β-unsaturated/α-hetero) is 1. The van der Waals surface area contributed by atoms with E-state index in [0.29, 0.717) is 17.1 Å². The van der Waals surface area contributed by atoms with Crippen LogP contribution < -0.4 is 14.4 Å². The quantitative estimate of drug-likeness (QED) is 0.779. The minimum Gasteiger partial charge on any atom is -0.497 e. The van der Waals surface area contributed by atoms with Gasteiger partial charge in [0.15, 0.2) is 11.2 Å². The predicted molar refractivity (Wildman–Crippen MR) is 112 cm³/mol. The average molecular weight is 399 g/mol. The van der Waals surface area contributed by atoms with Crippen molar-refractivity contribution < 1.29 is 14.3 Å². The lowest BCUT2D eigenvalue weighted by molar-refractivity contribution is -0.118. The van der Waals surface area contributed by atoms with Gasteiger partial charge in [-0.2, -0.15) is 10.5 Å². The molecule has 2 aliphatic rings. The van der Waals surface area contributed by atoms with E-state index in [-0.39, 0.29) is 5.78 Å². The van der Waals surface area contributed by atoms with E-state index in [0.717, 1.165) is 11.3 Å². The molecular weight excluding hydrogens is 378 g/mol. The van der Waals surface area contributed by atoms with Crippen molar-refractivity contribution in [3.63, 3.8) is 0 Å². The summed E-state index contributed by atoms with van der Waals surface area (Å²) in [7, 11) is 3.08. The topological polar surface area (TPSA) is 86.3 Å². The molecule has 6 nitrogen and oxygen atoms in total. The number of hydrogen-bond donors (Lipinski definition) is 0. The molecule has 6 heteroatoms. The van der Waals surface area contributed by atoms with Gasteiger partial charge in [-0.3, -0.25) is 4.79 Å². The summed E-state index contributed by atoms with van der Waals surface area (Å²) in [6.45, 7) is 1.51. The number of methoxy groups -OCH3 is 2. The molecule has 2 aromatic rings. The van der Waals surface area contributed by atoms with Crippen molar-refractivity contribution in [2.75, 3.05) is 19.1 Å². The molecule has 0 bridgehead atoms. The summed E-state index contributed by atoms with van der Waals surface area (Å²) in [6.07, 6.45) is 3.79. The van der Waals surface area contributed by atoms with Gasteiger partial charge in [0.2, 0.25) is 0 Å². The Labute approximate surface area is 175 Å². The molecule has 3 unspecified atom stereocenters. The van der Waals surface area contributed by atoms with Crippen LogP contribution in [0.1, 0.15) is 24.0 Å². The van der Waals surface area contributed by atoms with Crippen molar-refractivity contribution in [1.29, 1.82) is 10.5 Å². The molecule has 30 heavy (non-hydrogen) atoms. The number of para-hydroxylation sites is 1. The number of carbonyl (C=O) groups is 1. The van der Waals surface area contributed by atoms with Crippen LogP contribution in [0.2, 0.25) is 0 Å². The van der Waals surface area contributed by atoms with Crippen molar-refractivity contribution in [3.8, 4) is 23.6 Å². The van der Waals surface area contributed by atoms with Crippen molar-refractivity contribution in [2.24, 2.45) is 5.41 Å². The summed E-state index contributed by atoms with van der Waals surface area (Å²) in [6, 6.07) is 16.3. The molecule has 2 heterocycles. The molecule has 1 saturated heterocycles. The van der Waals surface area contributed by atoms with Gasteiger partial charge < -0.3 is 14.4 Å². The summed E-state index contributed by atoms with van der Waals surface area (Å²) in [5.74, 6) is 0.286. The van der Waals surface area contributed by atoms with E-state index in [9.17, 15) is 15.3 Å². The van der Waals surface area contributed by atoms with Gasteiger partial charge in [0, 0.05) is 17.7 Å². The molecule has 0 saturated carbocycles. The van der Waals surface area contributed by atoms with E-state index in [1.807, 2.05) is 41.3 Å². The highest BCUT2D eigenvalue weighted by atomic mass is 16.5. The van der Waals surface area contributed by atoms with E-state index < -0.39 is 23.4 Å². The second-order valence-corrected chi connectivity index (χ2v) is 7.54. The van der Waals surface area contributed by atoms with Crippen molar-refractivity contribution in [2.45, 2.75) is 24.9 Å². The summed E-state index contributed by atoms with van der Waals surface area (Å²) in [5, 5.41) is 20.6. The third kappa shape index (κ3) is 2.65. The van der Waals surface area contributed by atoms with Crippen LogP contribution in [-0.2, 0) is 4.79 Å². The van der Waals surface area contributed by atoms with E-state index in [4.69, 9.17) is 9.47 Å². The van der Waals surface area contributed by atoms with Gasteiger partial charge in [0.1, 0.15) is 11.5 Å². The molecule has 2 aromatic carbocycles. The molecular formula is C24H21N3O3. The average Bonchev–Trinajstić information content (AvgIpc) is 3.10. The van der Waals surface area contributed by atoms with Crippen LogP contribution in [0.25, 0.3) is 6.08 Å². The second-order valence-electron chi connectivity index (χ2n) is 7.54. The largest absolute Gasteiger partial charge is 0.497 e. The lowest BCUT2D eigenvalue weighted by Gasteiger charge is -2.35. The molecule has 0 aromatic heterocycles. The van der Waals surface area contributed by atoms with Crippen LogP contribution >= 0.6 is 0 Å². The minimum absolute atomic E-state index is 0.107. The Morgan fingerprint density at radius 3 is 2.27 bits per heavy atom. The highest BCUT2D eigenvalue weighted by Crippen LogP contribution is 2.55. The van der Waals surface area contributed by atoms with Crippen LogP contribution in [0.3, 0.4) is 0 Å². The third-order valence-electron chi connectivity index (χ3n) is 6.06. The predicted octanol–water partition coefficient (Wildman–Crippen LogP) is 3.69. The maximum Gasteiger partial charge on any atom is 0.176 e. The maximum atomic E-state index is 13.0. The smallest absolute Gasteiger partial charge is 0.176 e. The van der Waals surface area contributed by atoms with Gasteiger partial charge in [0.25, 0.3) is 0 Å². The van der Waals surface area contributed by atoms with Crippen LogP contribution in [0.4, 0.5) is 5.69 Å². The van der Waals surface area contributed by atoms with E-state index >= 15 is 0 Å². The Morgan fingerprint density at radius 1 is 1.07 bits per heavy atom. The summed E-state index contributed by atoms with van der Waals surface area (Å²) < 4.78 is 10.8. The Balaban J connectivity index is 2.00. The van der Waals surface area contributed by atoms with Gasteiger partial charge in [-0.1, -0.05) is 30.4 Å². The Morgan fingerprint density at radius 2 is 1.70 bits per heavy atom. The zero-order valence-corrected chi connectivity index (χ0v) is 17.0. The molecule has 0 radical (unpaired) electrons. The van der Waals surface area contributed by atoms with Crippen LogP contribution in [-0.4, -0.2) is 32.1 Å². The SMILES string of the molecule is COc1cc(OC)cc(C2C(C(C)=O)N3c4ccccc4C=CC3C2(C#N)C#N)c1. The lowest BCUT2D eigenvalue weighted by Crippen LogP contribution is -2.43. The van der Waals surface area contributed by atoms with E-state index in [1.165, 1.54) is 6.92 Å². The number of benzene rings is 2. The molecule has 2 aliphatic heterocycles. The first-order valence-corrected chi connectivity index (χ1v) is 9.62. The number of anilines is 1. The lowest BCUT2D eigenvalue weighted by atomic mass is 9.69.